The first-order valence-corrected chi connectivity index (χ1v) is 5.77. The van der Waals surface area contributed by atoms with Crippen LogP contribution in [-0.2, 0) is 0 Å². The molecule has 1 nitrogen and oxygen atoms in total. The van der Waals surface area contributed by atoms with Gasteiger partial charge >= 0.3 is 0 Å². The van der Waals surface area contributed by atoms with Gasteiger partial charge in [-0.15, -0.1) is 0 Å². The maximum atomic E-state index is 8.92. The Morgan fingerprint density at radius 2 is 1.79 bits per heavy atom. The van der Waals surface area contributed by atoms with Crippen molar-refractivity contribution in [1.29, 1.82) is 5.26 Å². The first-order valence-electron chi connectivity index (χ1n) is 5.77. The largest absolute Gasteiger partial charge is 0.198 e. The van der Waals surface area contributed by atoms with E-state index in [-0.39, 0.29) is 5.41 Å². The molecule has 80 valence electrons. The van der Waals surface area contributed by atoms with Crippen LogP contribution < -0.4 is 0 Å². The summed E-state index contributed by atoms with van der Waals surface area (Å²) in [5.41, 5.74) is 0.697. The summed E-state index contributed by atoms with van der Waals surface area (Å²) in [5, 5.41) is 8.92. The third kappa shape index (κ3) is 2.29. The zero-order chi connectivity index (χ0) is 10.8. The van der Waals surface area contributed by atoms with E-state index in [1.807, 2.05) is 0 Å². The van der Waals surface area contributed by atoms with Gasteiger partial charge in [0.1, 0.15) is 0 Å². The fraction of sp³-hybridized carbons (Fsp3) is 0.923. The van der Waals surface area contributed by atoms with Crippen molar-refractivity contribution in [2.75, 3.05) is 0 Å². The zero-order valence-corrected chi connectivity index (χ0v) is 10.1. The van der Waals surface area contributed by atoms with Crippen molar-refractivity contribution in [3.63, 3.8) is 0 Å². The third-order valence-corrected chi connectivity index (χ3v) is 3.93. The lowest BCUT2D eigenvalue weighted by Gasteiger charge is -2.41. The molecule has 0 spiro atoms. The first kappa shape index (κ1) is 11.6. The number of rotatable bonds is 2. The highest BCUT2D eigenvalue weighted by Crippen LogP contribution is 2.51. The second-order valence-corrected chi connectivity index (χ2v) is 6.14. The van der Waals surface area contributed by atoms with Crippen molar-refractivity contribution in [2.45, 2.75) is 59.8 Å². The maximum absolute atomic E-state index is 8.92. The van der Waals surface area contributed by atoms with Crippen molar-refractivity contribution in [3.05, 3.63) is 0 Å². The predicted octanol–water partition coefficient (Wildman–Crippen LogP) is 4.14. The van der Waals surface area contributed by atoms with Crippen LogP contribution in [-0.4, -0.2) is 0 Å². The van der Waals surface area contributed by atoms with Crippen molar-refractivity contribution in [2.24, 2.45) is 16.7 Å². The van der Waals surface area contributed by atoms with Crippen LogP contribution >= 0.6 is 0 Å². The van der Waals surface area contributed by atoms with Crippen LogP contribution in [0.5, 0.6) is 0 Å². The Morgan fingerprint density at radius 1 is 1.29 bits per heavy atom. The van der Waals surface area contributed by atoms with Crippen molar-refractivity contribution < 1.29 is 0 Å². The van der Waals surface area contributed by atoms with Crippen LogP contribution in [0.4, 0.5) is 0 Å². The molecule has 0 aliphatic heterocycles. The standard InChI is InChI=1S/C13H23N/c1-12(2,3)11(7-10-14)13(4)8-5-6-9-13/h11H,5-9H2,1-4H3. The number of nitriles is 1. The van der Waals surface area contributed by atoms with Gasteiger partial charge in [-0.1, -0.05) is 40.5 Å². The minimum absolute atomic E-state index is 0.273. The molecule has 0 heterocycles. The van der Waals surface area contributed by atoms with E-state index in [0.29, 0.717) is 11.3 Å². The van der Waals surface area contributed by atoms with Crippen molar-refractivity contribution in [3.8, 4) is 6.07 Å². The van der Waals surface area contributed by atoms with Crippen molar-refractivity contribution >= 4 is 0 Å². The zero-order valence-electron chi connectivity index (χ0n) is 10.1. The van der Waals surface area contributed by atoms with Gasteiger partial charge in [0.15, 0.2) is 0 Å². The molecule has 1 saturated carbocycles. The van der Waals surface area contributed by atoms with Gasteiger partial charge in [0, 0.05) is 6.42 Å². The summed E-state index contributed by atoms with van der Waals surface area (Å²) in [5.74, 6) is 0.558. The molecule has 1 heteroatoms. The second-order valence-electron chi connectivity index (χ2n) is 6.14. The van der Waals surface area contributed by atoms with Crippen LogP contribution in [0.2, 0.25) is 0 Å². The number of hydrogen-bond donors (Lipinski definition) is 0. The number of hydrogen-bond acceptors (Lipinski definition) is 1. The molecule has 0 aromatic heterocycles. The molecule has 0 radical (unpaired) electrons. The molecule has 1 fully saturated rings. The Hall–Kier alpha value is -0.510. The molecule has 1 unspecified atom stereocenters. The fourth-order valence-corrected chi connectivity index (χ4v) is 3.22. The highest BCUT2D eigenvalue weighted by Gasteiger charge is 2.42. The Bertz CT molecular complexity index is 223. The van der Waals surface area contributed by atoms with E-state index >= 15 is 0 Å². The lowest BCUT2D eigenvalue weighted by atomic mass is 9.63. The van der Waals surface area contributed by atoms with E-state index in [1.54, 1.807) is 0 Å². The molecule has 0 amide bonds. The molecule has 1 aliphatic carbocycles. The van der Waals surface area contributed by atoms with Gasteiger partial charge in [0.2, 0.25) is 0 Å². The summed E-state index contributed by atoms with van der Waals surface area (Å²) in [4.78, 5) is 0. The van der Waals surface area contributed by atoms with E-state index in [4.69, 9.17) is 5.26 Å². The van der Waals surface area contributed by atoms with E-state index in [1.165, 1.54) is 25.7 Å². The summed E-state index contributed by atoms with van der Waals surface area (Å²) in [6.07, 6.45) is 6.07. The fourth-order valence-electron chi connectivity index (χ4n) is 3.22. The van der Waals surface area contributed by atoms with E-state index in [0.717, 1.165) is 6.42 Å². The van der Waals surface area contributed by atoms with Crippen LogP contribution in [0.3, 0.4) is 0 Å². The molecule has 1 atom stereocenters. The Balaban J connectivity index is 2.82. The molecule has 1 rings (SSSR count). The molecule has 0 aromatic carbocycles. The van der Waals surface area contributed by atoms with Gasteiger partial charge < -0.3 is 0 Å². The lowest BCUT2D eigenvalue weighted by Crippen LogP contribution is -2.34. The van der Waals surface area contributed by atoms with Gasteiger partial charge in [0.25, 0.3) is 0 Å². The quantitative estimate of drug-likeness (QED) is 0.646. The molecule has 0 N–H and O–H groups in total. The lowest BCUT2D eigenvalue weighted by molar-refractivity contribution is 0.0795. The highest BCUT2D eigenvalue weighted by molar-refractivity contribution is 4.96. The minimum Gasteiger partial charge on any atom is -0.198 e. The third-order valence-electron chi connectivity index (χ3n) is 3.93. The molecule has 0 aromatic rings. The smallest absolute Gasteiger partial charge is 0.0625 e. The Kier molecular flexibility index (Phi) is 3.24. The molecule has 14 heavy (non-hydrogen) atoms. The normalized spacial score (nSPS) is 23.1. The molecule has 1 aliphatic rings. The van der Waals surface area contributed by atoms with Crippen LogP contribution in [0.1, 0.15) is 59.8 Å². The number of nitrogens with zero attached hydrogens (tertiary/aromatic N) is 1. The first-order chi connectivity index (χ1) is 6.40. The summed E-state index contributed by atoms with van der Waals surface area (Å²) in [7, 11) is 0. The van der Waals surface area contributed by atoms with Crippen LogP contribution in [0.15, 0.2) is 0 Å². The monoisotopic (exact) mass is 193 g/mol. The Labute approximate surface area is 88.5 Å². The molecule has 0 bridgehead atoms. The summed E-state index contributed by atoms with van der Waals surface area (Å²) in [6.45, 7) is 9.21. The average molecular weight is 193 g/mol. The van der Waals surface area contributed by atoms with Crippen molar-refractivity contribution in [1.82, 2.24) is 0 Å². The second kappa shape index (κ2) is 3.93. The van der Waals surface area contributed by atoms with Gasteiger partial charge in [-0.2, -0.15) is 5.26 Å². The van der Waals surface area contributed by atoms with Crippen LogP contribution in [0, 0.1) is 28.1 Å². The topological polar surface area (TPSA) is 23.8 Å². The average Bonchev–Trinajstić information content (AvgIpc) is 2.46. The predicted molar refractivity (Wildman–Crippen MR) is 59.8 cm³/mol. The van der Waals surface area contributed by atoms with Gasteiger partial charge in [-0.25, -0.2) is 0 Å². The SMILES string of the molecule is CC(C)(C)C(CC#N)C1(C)CCCC1. The molecular formula is C13H23N. The van der Waals surface area contributed by atoms with E-state index in [2.05, 4.69) is 33.8 Å². The van der Waals surface area contributed by atoms with Gasteiger partial charge in [-0.3, -0.25) is 0 Å². The summed E-state index contributed by atoms with van der Waals surface area (Å²) < 4.78 is 0. The van der Waals surface area contributed by atoms with Gasteiger partial charge in [0.05, 0.1) is 6.07 Å². The molecular weight excluding hydrogens is 170 g/mol. The maximum Gasteiger partial charge on any atom is 0.0625 e. The summed E-state index contributed by atoms with van der Waals surface area (Å²) in [6, 6.07) is 2.38. The minimum atomic E-state index is 0.273. The van der Waals surface area contributed by atoms with E-state index < -0.39 is 0 Å². The Morgan fingerprint density at radius 3 is 2.14 bits per heavy atom. The van der Waals surface area contributed by atoms with E-state index in [9.17, 15) is 0 Å². The highest BCUT2D eigenvalue weighted by atomic mass is 14.5. The summed E-state index contributed by atoms with van der Waals surface area (Å²) >= 11 is 0. The van der Waals surface area contributed by atoms with Crippen LogP contribution in [0.25, 0.3) is 0 Å². The van der Waals surface area contributed by atoms with Gasteiger partial charge in [-0.05, 0) is 29.6 Å². The molecule has 0 saturated heterocycles.